The summed E-state index contributed by atoms with van der Waals surface area (Å²) in [6, 6.07) is 0. The smallest absolute Gasteiger partial charge is 0.262 e. The van der Waals surface area contributed by atoms with Gasteiger partial charge in [0.25, 0.3) is 11.5 Å². The number of nitrogens with one attached hydrogen (secondary N) is 1. The van der Waals surface area contributed by atoms with Gasteiger partial charge in [0.2, 0.25) is 0 Å². The summed E-state index contributed by atoms with van der Waals surface area (Å²) in [5, 5.41) is 3.44. The van der Waals surface area contributed by atoms with Crippen LogP contribution in [0.2, 0.25) is 0 Å². The molecule has 6 nitrogen and oxygen atoms in total. The van der Waals surface area contributed by atoms with Crippen LogP contribution in [-0.4, -0.2) is 34.7 Å². The van der Waals surface area contributed by atoms with Gasteiger partial charge >= 0.3 is 0 Å². The minimum absolute atomic E-state index is 0.102. The largest absolute Gasteiger partial charge is 0.376 e. The molecule has 3 rings (SSSR count). The molecule has 1 saturated heterocycles. The molecule has 118 valence electrons. The fraction of sp³-hybridized carbons (Fsp3) is 0.533. The lowest BCUT2D eigenvalue weighted by Crippen LogP contribution is -2.31. The lowest BCUT2D eigenvalue weighted by atomic mass is 10.2. The van der Waals surface area contributed by atoms with Crippen LogP contribution < -0.4 is 10.9 Å². The molecule has 1 amide bonds. The second kappa shape index (κ2) is 5.81. The van der Waals surface area contributed by atoms with Crippen molar-refractivity contribution in [2.75, 3.05) is 13.2 Å². The van der Waals surface area contributed by atoms with E-state index >= 15 is 0 Å². The third kappa shape index (κ3) is 2.55. The zero-order valence-electron chi connectivity index (χ0n) is 12.9. The van der Waals surface area contributed by atoms with Gasteiger partial charge in [-0.2, -0.15) is 0 Å². The van der Waals surface area contributed by atoms with E-state index in [-0.39, 0.29) is 17.6 Å². The van der Waals surface area contributed by atoms with Gasteiger partial charge in [0.05, 0.1) is 16.4 Å². The van der Waals surface area contributed by atoms with Crippen molar-refractivity contribution in [2.45, 2.75) is 32.8 Å². The minimum atomic E-state index is -0.157. The van der Waals surface area contributed by atoms with Crippen molar-refractivity contribution < 1.29 is 9.53 Å². The van der Waals surface area contributed by atoms with E-state index < -0.39 is 0 Å². The Hall–Kier alpha value is -1.73. The summed E-state index contributed by atoms with van der Waals surface area (Å²) in [6.07, 6.45) is 2.13. The molecule has 0 bridgehead atoms. The molecule has 0 radical (unpaired) electrons. The van der Waals surface area contributed by atoms with E-state index in [9.17, 15) is 9.59 Å². The second-order valence-corrected chi connectivity index (χ2v) is 6.60. The van der Waals surface area contributed by atoms with Crippen LogP contribution in [0.3, 0.4) is 0 Å². The Morgan fingerprint density at radius 3 is 2.95 bits per heavy atom. The Kier molecular flexibility index (Phi) is 4.01. The molecule has 0 aromatic carbocycles. The van der Waals surface area contributed by atoms with E-state index in [0.29, 0.717) is 33.0 Å². The van der Waals surface area contributed by atoms with E-state index in [0.717, 1.165) is 19.4 Å². The minimum Gasteiger partial charge on any atom is -0.376 e. The maximum atomic E-state index is 12.4. The zero-order valence-corrected chi connectivity index (χ0v) is 13.7. The molecule has 7 heteroatoms. The van der Waals surface area contributed by atoms with Gasteiger partial charge < -0.3 is 10.1 Å². The van der Waals surface area contributed by atoms with Crippen molar-refractivity contribution in [3.8, 4) is 0 Å². The zero-order chi connectivity index (χ0) is 15.9. The van der Waals surface area contributed by atoms with Crippen molar-refractivity contribution >= 4 is 27.5 Å². The van der Waals surface area contributed by atoms with Crippen LogP contribution in [0.1, 0.15) is 33.9 Å². The molecule has 1 N–H and O–H groups in total. The summed E-state index contributed by atoms with van der Waals surface area (Å²) < 4.78 is 7.01. The Labute approximate surface area is 132 Å². The molecular formula is C15H19N3O3S. The predicted molar refractivity (Wildman–Crippen MR) is 85.6 cm³/mol. The number of amides is 1. The fourth-order valence-electron chi connectivity index (χ4n) is 2.67. The summed E-state index contributed by atoms with van der Waals surface area (Å²) in [5.41, 5.74) is 0.604. The summed E-state index contributed by atoms with van der Waals surface area (Å²) in [6.45, 7) is 4.87. The maximum Gasteiger partial charge on any atom is 0.262 e. The number of aryl methyl sites for hydroxylation is 2. The number of carbonyl (C=O) groups is 1. The monoisotopic (exact) mass is 321 g/mol. The molecule has 2 aromatic heterocycles. The van der Waals surface area contributed by atoms with Crippen LogP contribution in [0.5, 0.6) is 0 Å². The van der Waals surface area contributed by atoms with E-state index in [1.165, 1.54) is 15.9 Å². The normalized spacial score (nSPS) is 18.0. The van der Waals surface area contributed by atoms with Crippen LogP contribution >= 0.6 is 11.3 Å². The van der Waals surface area contributed by atoms with Crippen molar-refractivity contribution in [3.63, 3.8) is 0 Å². The molecule has 3 heterocycles. The summed E-state index contributed by atoms with van der Waals surface area (Å²) in [7, 11) is 1.69. The highest BCUT2D eigenvalue weighted by molar-refractivity contribution is 7.20. The Bertz CT molecular complexity index is 787. The number of hydrogen-bond donors (Lipinski definition) is 1. The van der Waals surface area contributed by atoms with E-state index in [1.54, 1.807) is 20.9 Å². The van der Waals surface area contributed by atoms with Crippen molar-refractivity contribution in [1.29, 1.82) is 0 Å². The van der Waals surface area contributed by atoms with Gasteiger partial charge in [0, 0.05) is 20.2 Å². The van der Waals surface area contributed by atoms with E-state index in [4.69, 9.17) is 4.74 Å². The lowest BCUT2D eigenvalue weighted by molar-refractivity contribution is 0.0860. The van der Waals surface area contributed by atoms with E-state index in [2.05, 4.69) is 10.3 Å². The van der Waals surface area contributed by atoms with Crippen molar-refractivity contribution in [2.24, 2.45) is 7.05 Å². The summed E-state index contributed by atoms with van der Waals surface area (Å²) in [4.78, 5) is 30.3. The van der Waals surface area contributed by atoms with Gasteiger partial charge in [-0.1, -0.05) is 0 Å². The van der Waals surface area contributed by atoms with Gasteiger partial charge in [-0.05, 0) is 32.3 Å². The maximum absolute atomic E-state index is 12.4. The number of rotatable bonds is 3. The average molecular weight is 321 g/mol. The van der Waals surface area contributed by atoms with Crippen molar-refractivity contribution in [3.05, 3.63) is 26.6 Å². The number of ether oxygens (including phenoxy) is 1. The number of fused-ring (bicyclic) bond motifs is 1. The molecule has 1 aliphatic heterocycles. The average Bonchev–Trinajstić information content (AvgIpc) is 3.10. The lowest BCUT2D eigenvalue weighted by Gasteiger charge is -2.10. The molecule has 1 fully saturated rings. The highest BCUT2D eigenvalue weighted by atomic mass is 32.1. The molecule has 0 saturated carbocycles. The first-order chi connectivity index (χ1) is 10.5. The van der Waals surface area contributed by atoms with Gasteiger partial charge in [-0.3, -0.25) is 14.2 Å². The number of aromatic nitrogens is 2. The molecule has 1 aliphatic rings. The molecule has 2 aromatic rings. The highest BCUT2D eigenvalue weighted by Crippen LogP contribution is 2.27. The van der Waals surface area contributed by atoms with Crippen LogP contribution in [-0.2, 0) is 11.8 Å². The van der Waals surface area contributed by atoms with Crippen LogP contribution in [0, 0.1) is 13.8 Å². The van der Waals surface area contributed by atoms with Gasteiger partial charge in [-0.15, -0.1) is 11.3 Å². The third-order valence-corrected chi connectivity index (χ3v) is 5.30. The topological polar surface area (TPSA) is 73.2 Å². The number of thiophene rings is 1. The summed E-state index contributed by atoms with van der Waals surface area (Å²) in [5.74, 6) is 0.487. The first-order valence-electron chi connectivity index (χ1n) is 7.35. The highest BCUT2D eigenvalue weighted by Gasteiger charge is 2.21. The van der Waals surface area contributed by atoms with Gasteiger partial charge in [0.1, 0.15) is 10.7 Å². The quantitative estimate of drug-likeness (QED) is 0.930. The van der Waals surface area contributed by atoms with Gasteiger partial charge in [0.15, 0.2) is 0 Å². The first-order valence-corrected chi connectivity index (χ1v) is 8.17. The summed E-state index contributed by atoms with van der Waals surface area (Å²) >= 11 is 1.27. The molecule has 22 heavy (non-hydrogen) atoms. The molecule has 0 unspecified atom stereocenters. The number of nitrogens with zero attached hydrogens (tertiary/aromatic N) is 2. The first kappa shape index (κ1) is 15.2. The fourth-order valence-corrected chi connectivity index (χ4v) is 3.81. The predicted octanol–water partition coefficient (Wildman–Crippen LogP) is 1.52. The third-order valence-electron chi connectivity index (χ3n) is 4.12. The number of hydrogen-bond acceptors (Lipinski definition) is 5. The standard InChI is InChI=1S/C15H19N3O3S/c1-8-11-14(17-9(2)18(3)15(11)20)22-12(8)13(19)16-7-10-5-4-6-21-10/h10H,4-7H2,1-3H3,(H,16,19)/t10-/m0/s1. The molecule has 0 aliphatic carbocycles. The van der Waals surface area contributed by atoms with E-state index in [1.807, 2.05) is 0 Å². The number of carbonyl (C=O) groups excluding carboxylic acids is 1. The molecular weight excluding hydrogens is 302 g/mol. The SMILES string of the molecule is Cc1c(C(=O)NC[C@@H]2CCCO2)sc2nc(C)n(C)c(=O)c12. The van der Waals surface area contributed by atoms with Crippen LogP contribution in [0.25, 0.3) is 10.2 Å². The van der Waals surface area contributed by atoms with Crippen molar-refractivity contribution in [1.82, 2.24) is 14.9 Å². The Balaban J connectivity index is 1.90. The Morgan fingerprint density at radius 1 is 1.50 bits per heavy atom. The Morgan fingerprint density at radius 2 is 2.27 bits per heavy atom. The second-order valence-electron chi connectivity index (χ2n) is 5.60. The molecule has 1 atom stereocenters. The van der Waals surface area contributed by atoms with Gasteiger partial charge in [-0.25, -0.2) is 4.98 Å². The van der Waals surface area contributed by atoms with Crippen LogP contribution in [0.4, 0.5) is 0 Å². The van der Waals surface area contributed by atoms with Crippen LogP contribution in [0.15, 0.2) is 4.79 Å². The molecule has 0 spiro atoms.